The van der Waals surface area contributed by atoms with Crippen LogP contribution in [0.3, 0.4) is 0 Å². The summed E-state index contributed by atoms with van der Waals surface area (Å²) in [5, 5.41) is 8.97. The molecule has 0 saturated carbocycles. The van der Waals surface area contributed by atoms with Gasteiger partial charge in [-0.05, 0) is 18.2 Å². The average molecular weight is 297 g/mol. The molecule has 2 rings (SSSR count). The standard InChI is InChI=1S/C12H9ClN2O5/c1-20-9-3-2-6(4-7(9)13)15-10(16)5-8(11(17)18)14-12(15)19/h2-5H,1H3,(H,14,19)(H,17,18). The number of halogens is 1. The van der Waals surface area contributed by atoms with Crippen molar-refractivity contribution in [1.82, 2.24) is 9.55 Å². The van der Waals surface area contributed by atoms with Gasteiger partial charge in [-0.1, -0.05) is 11.6 Å². The molecule has 0 aliphatic rings. The summed E-state index contributed by atoms with van der Waals surface area (Å²) < 4.78 is 5.74. The van der Waals surface area contributed by atoms with E-state index in [-0.39, 0.29) is 10.7 Å². The van der Waals surface area contributed by atoms with Gasteiger partial charge in [0.1, 0.15) is 11.4 Å². The lowest BCUT2D eigenvalue weighted by atomic mass is 10.3. The second-order valence-corrected chi connectivity index (χ2v) is 4.19. The number of aromatic amines is 1. The second-order valence-electron chi connectivity index (χ2n) is 3.79. The van der Waals surface area contributed by atoms with Gasteiger partial charge in [-0.15, -0.1) is 0 Å². The minimum absolute atomic E-state index is 0.207. The summed E-state index contributed by atoms with van der Waals surface area (Å²) in [5.74, 6) is -0.999. The van der Waals surface area contributed by atoms with Gasteiger partial charge in [0.2, 0.25) is 0 Å². The van der Waals surface area contributed by atoms with E-state index in [0.717, 1.165) is 10.6 Å². The molecule has 0 unspecified atom stereocenters. The number of carboxylic acids is 1. The van der Waals surface area contributed by atoms with E-state index in [1.807, 2.05) is 0 Å². The average Bonchev–Trinajstić information content (AvgIpc) is 2.38. The van der Waals surface area contributed by atoms with Crippen LogP contribution in [0.15, 0.2) is 33.9 Å². The first kappa shape index (κ1) is 13.9. The Morgan fingerprint density at radius 1 is 1.35 bits per heavy atom. The fourth-order valence-electron chi connectivity index (χ4n) is 1.65. The maximum absolute atomic E-state index is 11.8. The second kappa shape index (κ2) is 5.22. The Kier molecular flexibility index (Phi) is 3.62. The third-order valence-corrected chi connectivity index (χ3v) is 2.85. The zero-order chi connectivity index (χ0) is 14.9. The van der Waals surface area contributed by atoms with E-state index in [1.165, 1.54) is 25.3 Å². The topological polar surface area (TPSA) is 101 Å². The molecular weight excluding hydrogens is 288 g/mol. The molecule has 1 aromatic carbocycles. The van der Waals surface area contributed by atoms with Gasteiger partial charge in [0.05, 0.1) is 17.8 Å². The van der Waals surface area contributed by atoms with E-state index in [9.17, 15) is 14.4 Å². The van der Waals surface area contributed by atoms with Gasteiger partial charge in [-0.3, -0.25) is 4.79 Å². The van der Waals surface area contributed by atoms with Crippen LogP contribution in [0.4, 0.5) is 0 Å². The Hall–Kier alpha value is -2.54. The Morgan fingerprint density at radius 2 is 2.05 bits per heavy atom. The Bertz CT molecular complexity index is 762. The van der Waals surface area contributed by atoms with E-state index < -0.39 is 22.9 Å². The number of nitrogens with zero attached hydrogens (tertiary/aromatic N) is 1. The zero-order valence-corrected chi connectivity index (χ0v) is 11.0. The lowest BCUT2D eigenvalue weighted by molar-refractivity contribution is 0.0689. The molecule has 0 radical (unpaired) electrons. The minimum Gasteiger partial charge on any atom is -0.495 e. The van der Waals surface area contributed by atoms with Crippen LogP contribution < -0.4 is 16.0 Å². The first-order chi connectivity index (χ1) is 9.43. The highest BCUT2D eigenvalue weighted by atomic mass is 35.5. The molecule has 8 heteroatoms. The van der Waals surface area contributed by atoms with Crippen LogP contribution >= 0.6 is 11.6 Å². The minimum atomic E-state index is -1.39. The number of aromatic nitrogens is 2. The van der Waals surface area contributed by atoms with Crippen molar-refractivity contribution in [2.75, 3.05) is 7.11 Å². The molecule has 0 aliphatic heterocycles. The summed E-state index contributed by atoms with van der Waals surface area (Å²) in [6.45, 7) is 0. The van der Waals surface area contributed by atoms with Crippen LogP contribution in [-0.2, 0) is 0 Å². The number of benzene rings is 1. The summed E-state index contributed by atoms with van der Waals surface area (Å²) in [6, 6.07) is 5.15. The fourth-order valence-corrected chi connectivity index (χ4v) is 1.90. The maximum atomic E-state index is 11.8. The van der Waals surface area contributed by atoms with Crippen molar-refractivity contribution >= 4 is 17.6 Å². The highest BCUT2D eigenvalue weighted by Gasteiger charge is 2.12. The fraction of sp³-hybridized carbons (Fsp3) is 0.0833. The molecule has 0 fully saturated rings. The number of hydrogen-bond donors (Lipinski definition) is 2. The van der Waals surface area contributed by atoms with E-state index in [4.69, 9.17) is 21.4 Å². The van der Waals surface area contributed by atoms with Crippen molar-refractivity contribution in [2.24, 2.45) is 0 Å². The van der Waals surface area contributed by atoms with Crippen molar-refractivity contribution in [2.45, 2.75) is 0 Å². The van der Waals surface area contributed by atoms with Gasteiger partial charge in [-0.25, -0.2) is 14.2 Å². The third-order valence-electron chi connectivity index (χ3n) is 2.56. The van der Waals surface area contributed by atoms with Gasteiger partial charge >= 0.3 is 11.7 Å². The summed E-state index contributed by atoms with van der Waals surface area (Å²) >= 11 is 5.92. The molecule has 20 heavy (non-hydrogen) atoms. The molecule has 0 saturated heterocycles. The first-order valence-corrected chi connectivity index (χ1v) is 5.75. The molecule has 1 aromatic heterocycles. The number of ether oxygens (including phenoxy) is 1. The molecule has 0 atom stereocenters. The lowest BCUT2D eigenvalue weighted by Gasteiger charge is -2.07. The van der Waals surface area contributed by atoms with E-state index in [1.54, 1.807) is 0 Å². The molecule has 2 aromatic rings. The number of H-pyrrole nitrogens is 1. The van der Waals surface area contributed by atoms with Crippen LogP contribution in [0.2, 0.25) is 5.02 Å². The number of aromatic carboxylic acids is 1. The molecule has 104 valence electrons. The van der Waals surface area contributed by atoms with E-state index in [0.29, 0.717) is 5.75 Å². The number of carbonyl (C=O) groups is 1. The Labute approximate surface area is 117 Å². The molecular formula is C12H9ClN2O5. The molecule has 0 amide bonds. The molecule has 0 aliphatic carbocycles. The SMILES string of the molecule is COc1ccc(-n2c(=O)cc(C(=O)O)[nH]c2=O)cc1Cl. The summed E-state index contributed by atoms with van der Waals surface area (Å²) in [6.07, 6.45) is 0. The molecule has 0 bridgehead atoms. The lowest BCUT2D eigenvalue weighted by Crippen LogP contribution is -2.35. The highest BCUT2D eigenvalue weighted by molar-refractivity contribution is 6.32. The van der Waals surface area contributed by atoms with E-state index >= 15 is 0 Å². The Balaban J connectivity index is 2.65. The predicted molar refractivity (Wildman–Crippen MR) is 71.2 cm³/mol. The van der Waals surface area contributed by atoms with Crippen LogP contribution in [0.1, 0.15) is 10.5 Å². The van der Waals surface area contributed by atoms with Crippen molar-refractivity contribution in [3.63, 3.8) is 0 Å². The quantitative estimate of drug-likeness (QED) is 0.875. The van der Waals surface area contributed by atoms with Crippen LogP contribution in [-0.4, -0.2) is 27.7 Å². The summed E-state index contributed by atoms with van der Waals surface area (Å²) in [7, 11) is 1.43. The van der Waals surface area contributed by atoms with Crippen molar-refractivity contribution in [1.29, 1.82) is 0 Å². The number of nitrogens with one attached hydrogen (secondary N) is 1. The monoisotopic (exact) mass is 296 g/mol. The van der Waals surface area contributed by atoms with Crippen molar-refractivity contribution < 1.29 is 14.6 Å². The van der Waals surface area contributed by atoms with E-state index in [2.05, 4.69) is 4.98 Å². The number of methoxy groups -OCH3 is 1. The van der Waals surface area contributed by atoms with Gasteiger partial charge in [0.25, 0.3) is 5.56 Å². The number of rotatable bonds is 3. The smallest absolute Gasteiger partial charge is 0.352 e. The normalized spacial score (nSPS) is 10.3. The first-order valence-electron chi connectivity index (χ1n) is 5.37. The van der Waals surface area contributed by atoms with Gasteiger partial charge in [0, 0.05) is 6.07 Å². The Morgan fingerprint density at radius 3 is 2.55 bits per heavy atom. The van der Waals surface area contributed by atoms with Crippen molar-refractivity contribution in [3.8, 4) is 11.4 Å². The molecule has 7 nitrogen and oxygen atoms in total. The van der Waals surface area contributed by atoms with Gasteiger partial charge in [-0.2, -0.15) is 0 Å². The molecule has 2 N–H and O–H groups in total. The largest absolute Gasteiger partial charge is 0.495 e. The highest BCUT2D eigenvalue weighted by Crippen LogP contribution is 2.25. The van der Waals surface area contributed by atoms with Gasteiger partial charge < -0.3 is 14.8 Å². The molecule has 1 heterocycles. The summed E-state index contributed by atoms with van der Waals surface area (Å²) in [5.41, 5.74) is -1.90. The predicted octanol–water partition coefficient (Wildman–Crippen LogP) is 0.886. The third kappa shape index (κ3) is 2.43. The maximum Gasteiger partial charge on any atom is 0.352 e. The van der Waals surface area contributed by atoms with Gasteiger partial charge in [0.15, 0.2) is 0 Å². The van der Waals surface area contributed by atoms with Crippen LogP contribution in [0.5, 0.6) is 5.75 Å². The number of carboxylic acid groups (broad SMARTS) is 1. The number of hydrogen-bond acceptors (Lipinski definition) is 4. The molecule has 0 spiro atoms. The van der Waals surface area contributed by atoms with Crippen LogP contribution in [0, 0.1) is 0 Å². The van der Waals surface area contributed by atoms with Crippen molar-refractivity contribution in [3.05, 3.63) is 55.8 Å². The summed E-state index contributed by atoms with van der Waals surface area (Å²) in [4.78, 5) is 36.5. The zero-order valence-electron chi connectivity index (χ0n) is 10.2. The van der Waals surface area contributed by atoms with Crippen LogP contribution in [0.25, 0.3) is 5.69 Å².